The Bertz CT molecular complexity index is 519. The van der Waals surface area contributed by atoms with Gasteiger partial charge in [0.25, 0.3) is 0 Å². The summed E-state index contributed by atoms with van der Waals surface area (Å²) in [6.45, 7) is -1.14. The van der Waals surface area contributed by atoms with Crippen molar-refractivity contribution in [3.63, 3.8) is 0 Å². The molecule has 0 saturated carbocycles. The fraction of sp³-hybridized carbons (Fsp3) is 0.222. The van der Waals surface area contributed by atoms with Gasteiger partial charge in [0, 0.05) is 12.4 Å². The molecule has 0 atom stereocenters. The fourth-order valence-corrected chi connectivity index (χ4v) is 1.26. The highest BCUT2D eigenvalue weighted by molar-refractivity contribution is 5.53. The maximum Gasteiger partial charge on any atom is 0.408 e. The van der Waals surface area contributed by atoms with E-state index < -0.39 is 12.7 Å². The van der Waals surface area contributed by atoms with E-state index in [1.165, 1.54) is 24.7 Å². The van der Waals surface area contributed by atoms with Crippen LogP contribution < -0.4 is 5.73 Å². The molecule has 8 heteroatoms. The average Bonchev–Trinajstić information content (AvgIpc) is 2.63. The Morgan fingerprint density at radius 3 is 2.76 bits per heavy atom. The summed E-state index contributed by atoms with van der Waals surface area (Å²) in [5, 5.41) is 3.58. The van der Waals surface area contributed by atoms with Gasteiger partial charge in [0.05, 0.1) is 11.8 Å². The highest BCUT2D eigenvalue weighted by atomic mass is 19.4. The highest BCUT2D eigenvalue weighted by Gasteiger charge is 2.28. The van der Waals surface area contributed by atoms with Crippen molar-refractivity contribution < 1.29 is 13.2 Å². The number of alkyl halides is 3. The van der Waals surface area contributed by atoms with E-state index in [0.29, 0.717) is 5.56 Å². The second-order valence-electron chi connectivity index (χ2n) is 3.35. The van der Waals surface area contributed by atoms with Gasteiger partial charge in [-0.3, -0.25) is 4.68 Å². The van der Waals surface area contributed by atoms with Gasteiger partial charge in [-0.2, -0.15) is 18.3 Å². The maximum atomic E-state index is 12.1. The molecule has 0 aliphatic rings. The Labute approximate surface area is 94.1 Å². The Morgan fingerprint density at radius 2 is 2.12 bits per heavy atom. The predicted octanol–water partition coefficient (Wildman–Crippen LogP) is 1.48. The van der Waals surface area contributed by atoms with Crippen LogP contribution in [0.4, 0.5) is 19.0 Å². The number of nitrogens with two attached hydrogens (primary N) is 1. The molecule has 0 radical (unpaired) electrons. The molecule has 0 unspecified atom stereocenters. The van der Waals surface area contributed by atoms with Crippen molar-refractivity contribution in [3.8, 4) is 11.4 Å². The lowest BCUT2D eigenvalue weighted by atomic mass is 10.3. The molecule has 2 heterocycles. The standard InChI is InChI=1S/C9H8F3N5/c10-9(11,12)5-17-4-6(3-15-17)8-14-2-1-7(13)16-8/h1-4H,5H2,(H2,13,14,16). The van der Waals surface area contributed by atoms with Gasteiger partial charge >= 0.3 is 6.18 Å². The first-order chi connectivity index (χ1) is 7.94. The van der Waals surface area contributed by atoms with Gasteiger partial charge in [-0.05, 0) is 6.07 Å². The van der Waals surface area contributed by atoms with Crippen molar-refractivity contribution in [2.45, 2.75) is 12.7 Å². The topological polar surface area (TPSA) is 69.6 Å². The van der Waals surface area contributed by atoms with Crippen molar-refractivity contribution in [2.75, 3.05) is 5.73 Å². The third-order valence-electron chi connectivity index (χ3n) is 1.91. The Kier molecular flexibility index (Phi) is 2.70. The summed E-state index contributed by atoms with van der Waals surface area (Å²) in [6, 6.07) is 1.49. The van der Waals surface area contributed by atoms with Crippen LogP contribution in [0, 0.1) is 0 Å². The minimum Gasteiger partial charge on any atom is -0.384 e. The summed E-state index contributed by atoms with van der Waals surface area (Å²) in [5.74, 6) is 0.497. The van der Waals surface area contributed by atoms with Gasteiger partial charge in [0.2, 0.25) is 0 Å². The zero-order valence-electron chi connectivity index (χ0n) is 8.52. The van der Waals surface area contributed by atoms with Crippen LogP contribution in [0.2, 0.25) is 0 Å². The van der Waals surface area contributed by atoms with Gasteiger partial charge in [-0.15, -0.1) is 0 Å². The van der Waals surface area contributed by atoms with E-state index in [1.54, 1.807) is 0 Å². The summed E-state index contributed by atoms with van der Waals surface area (Å²) in [5.41, 5.74) is 5.84. The highest BCUT2D eigenvalue weighted by Crippen LogP contribution is 2.19. The van der Waals surface area contributed by atoms with Crippen LogP contribution in [0.25, 0.3) is 11.4 Å². The van der Waals surface area contributed by atoms with Crippen molar-refractivity contribution in [1.29, 1.82) is 0 Å². The Morgan fingerprint density at radius 1 is 1.35 bits per heavy atom. The van der Waals surface area contributed by atoms with E-state index >= 15 is 0 Å². The van der Waals surface area contributed by atoms with Crippen LogP contribution in [0.15, 0.2) is 24.7 Å². The zero-order chi connectivity index (χ0) is 12.5. The summed E-state index contributed by atoms with van der Waals surface area (Å²) in [4.78, 5) is 7.78. The van der Waals surface area contributed by atoms with Crippen LogP contribution in [-0.4, -0.2) is 25.9 Å². The molecule has 2 N–H and O–H groups in total. The van der Waals surface area contributed by atoms with E-state index in [2.05, 4.69) is 15.1 Å². The number of hydrogen-bond donors (Lipinski definition) is 1. The van der Waals surface area contributed by atoms with Crippen LogP contribution in [-0.2, 0) is 6.54 Å². The van der Waals surface area contributed by atoms with Gasteiger partial charge in [-0.25, -0.2) is 9.97 Å². The molecule has 90 valence electrons. The summed E-state index contributed by atoms with van der Waals surface area (Å²) >= 11 is 0. The third kappa shape index (κ3) is 2.92. The Balaban J connectivity index is 2.24. The molecule has 2 rings (SSSR count). The second kappa shape index (κ2) is 4.04. The lowest BCUT2D eigenvalue weighted by molar-refractivity contribution is -0.142. The number of anilines is 1. The Hall–Kier alpha value is -2.12. The number of hydrogen-bond acceptors (Lipinski definition) is 4. The quantitative estimate of drug-likeness (QED) is 0.867. The number of nitrogens with zero attached hydrogens (tertiary/aromatic N) is 4. The average molecular weight is 243 g/mol. The summed E-state index contributed by atoms with van der Waals surface area (Å²) in [7, 11) is 0. The maximum absolute atomic E-state index is 12.1. The van der Waals surface area contributed by atoms with Crippen LogP contribution in [0.5, 0.6) is 0 Å². The van der Waals surface area contributed by atoms with Gasteiger partial charge in [0.1, 0.15) is 12.4 Å². The van der Waals surface area contributed by atoms with Crippen molar-refractivity contribution >= 4 is 5.82 Å². The molecule has 0 aromatic carbocycles. The normalized spacial score (nSPS) is 11.7. The molecular formula is C9H8F3N5. The van der Waals surface area contributed by atoms with E-state index in [4.69, 9.17) is 5.73 Å². The summed E-state index contributed by atoms with van der Waals surface area (Å²) < 4.78 is 37.1. The zero-order valence-corrected chi connectivity index (χ0v) is 8.52. The SMILES string of the molecule is Nc1ccnc(-c2cnn(CC(F)(F)F)c2)n1. The lowest BCUT2D eigenvalue weighted by Crippen LogP contribution is -2.17. The first-order valence-electron chi connectivity index (χ1n) is 4.62. The molecule has 2 aromatic heterocycles. The lowest BCUT2D eigenvalue weighted by Gasteiger charge is -2.04. The monoisotopic (exact) mass is 243 g/mol. The first-order valence-corrected chi connectivity index (χ1v) is 4.62. The third-order valence-corrected chi connectivity index (χ3v) is 1.91. The molecule has 0 spiro atoms. The number of nitrogen functional groups attached to an aromatic ring is 1. The van der Waals surface area contributed by atoms with Gasteiger partial charge in [-0.1, -0.05) is 0 Å². The molecule has 0 fully saturated rings. The molecule has 0 bridgehead atoms. The van der Waals surface area contributed by atoms with E-state index in [-0.39, 0.29) is 11.6 Å². The number of rotatable bonds is 2. The van der Waals surface area contributed by atoms with Gasteiger partial charge < -0.3 is 5.73 Å². The first kappa shape index (κ1) is 11.4. The molecule has 0 aliphatic carbocycles. The van der Waals surface area contributed by atoms with E-state index in [0.717, 1.165) is 4.68 Å². The van der Waals surface area contributed by atoms with E-state index in [9.17, 15) is 13.2 Å². The predicted molar refractivity (Wildman–Crippen MR) is 53.7 cm³/mol. The number of halogens is 3. The summed E-state index contributed by atoms with van der Waals surface area (Å²) in [6.07, 6.45) is -0.387. The molecule has 5 nitrogen and oxygen atoms in total. The van der Waals surface area contributed by atoms with Crippen molar-refractivity contribution in [2.24, 2.45) is 0 Å². The van der Waals surface area contributed by atoms with Crippen LogP contribution in [0.3, 0.4) is 0 Å². The van der Waals surface area contributed by atoms with Crippen LogP contribution in [0.1, 0.15) is 0 Å². The second-order valence-corrected chi connectivity index (χ2v) is 3.35. The largest absolute Gasteiger partial charge is 0.408 e. The van der Waals surface area contributed by atoms with Crippen LogP contribution >= 0.6 is 0 Å². The molecule has 0 amide bonds. The molecule has 2 aromatic rings. The molecular weight excluding hydrogens is 235 g/mol. The van der Waals surface area contributed by atoms with Crippen molar-refractivity contribution in [1.82, 2.24) is 19.7 Å². The minimum atomic E-state index is -4.31. The fourth-order valence-electron chi connectivity index (χ4n) is 1.26. The molecule has 0 saturated heterocycles. The smallest absolute Gasteiger partial charge is 0.384 e. The van der Waals surface area contributed by atoms with Crippen molar-refractivity contribution in [3.05, 3.63) is 24.7 Å². The minimum absolute atomic E-state index is 0.249. The van der Waals surface area contributed by atoms with E-state index in [1.807, 2.05) is 0 Å². The number of aromatic nitrogens is 4. The molecule has 0 aliphatic heterocycles. The van der Waals surface area contributed by atoms with Gasteiger partial charge in [0.15, 0.2) is 5.82 Å². The molecule has 17 heavy (non-hydrogen) atoms.